The number of hydrogen-bond donors (Lipinski definition) is 0. The zero-order chi connectivity index (χ0) is 22.3. The Morgan fingerprint density at radius 2 is 1.97 bits per heavy atom. The molecule has 2 aromatic heterocycles. The molecule has 3 heterocycles. The van der Waals surface area contributed by atoms with E-state index in [2.05, 4.69) is 10.2 Å². The second-order valence-corrected chi connectivity index (χ2v) is 8.65. The van der Waals surface area contributed by atoms with Crippen molar-refractivity contribution in [3.63, 3.8) is 0 Å². The third-order valence-corrected chi connectivity index (χ3v) is 5.46. The number of benzene rings is 1. The van der Waals surface area contributed by atoms with E-state index in [-0.39, 0.29) is 18.2 Å². The van der Waals surface area contributed by atoms with Crippen LogP contribution in [0.1, 0.15) is 49.2 Å². The number of halogens is 2. The van der Waals surface area contributed by atoms with E-state index < -0.39 is 17.2 Å². The van der Waals surface area contributed by atoms with E-state index in [1.54, 1.807) is 6.07 Å². The Morgan fingerprint density at radius 1 is 1.26 bits per heavy atom. The molecular weight excluding hydrogens is 402 g/mol. The van der Waals surface area contributed by atoms with Gasteiger partial charge >= 0.3 is 0 Å². The van der Waals surface area contributed by atoms with Crippen molar-refractivity contribution in [2.45, 2.75) is 58.7 Å². The minimum Gasteiger partial charge on any atom is -0.485 e. The van der Waals surface area contributed by atoms with Crippen molar-refractivity contribution in [3.05, 3.63) is 69.5 Å². The maximum atomic E-state index is 14.0. The fourth-order valence-corrected chi connectivity index (χ4v) is 4.18. The molecule has 6 nitrogen and oxygen atoms in total. The molecule has 0 fully saturated rings. The minimum absolute atomic E-state index is 0.135. The number of rotatable bonds is 5. The molecule has 1 aliphatic rings. The Bertz CT molecular complexity index is 1180. The number of fused-ring (bicyclic) bond motifs is 1. The Morgan fingerprint density at radius 3 is 2.65 bits per heavy atom. The lowest BCUT2D eigenvalue weighted by molar-refractivity contribution is 0.294. The van der Waals surface area contributed by atoms with Crippen LogP contribution < -0.4 is 4.74 Å². The largest absolute Gasteiger partial charge is 0.485 e. The van der Waals surface area contributed by atoms with Crippen LogP contribution in [0.25, 0.3) is 5.65 Å². The molecule has 0 saturated heterocycles. The van der Waals surface area contributed by atoms with Crippen molar-refractivity contribution >= 4 is 11.4 Å². The molecule has 1 aromatic carbocycles. The first-order valence-electron chi connectivity index (χ1n) is 10.1. The molecule has 0 aliphatic carbocycles. The number of pyridine rings is 1. The van der Waals surface area contributed by atoms with E-state index in [9.17, 15) is 13.7 Å². The molecule has 0 spiro atoms. The first kappa shape index (κ1) is 21.1. The van der Waals surface area contributed by atoms with Crippen LogP contribution in [0.3, 0.4) is 0 Å². The number of aryl methyl sites for hydroxylation is 2. The molecule has 0 bridgehead atoms. The van der Waals surface area contributed by atoms with Gasteiger partial charge in [-0.3, -0.25) is 9.39 Å². The number of hydrogen-bond acceptors (Lipinski definition) is 5. The first-order chi connectivity index (χ1) is 14.7. The van der Waals surface area contributed by atoms with Crippen molar-refractivity contribution < 1.29 is 13.5 Å². The van der Waals surface area contributed by atoms with Gasteiger partial charge in [0.2, 0.25) is 0 Å². The molecule has 0 N–H and O–H groups in total. The van der Waals surface area contributed by atoms with Crippen molar-refractivity contribution in [1.29, 1.82) is 0 Å². The second kappa shape index (κ2) is 7.83. The van der Waals surface area contributed by atoms with Gasteiger partial charge in [0, 0.05) is 12.6 Å². The summed E-state index contributed by atoms with van der Waals surface area (Å²) in [5, 5.41) is 3.27. The summed E-state index contributed by atoms with van der Waals surface area (Å²) in [7, 11) is 0. The summed E-state index contributed by atoms with van der Waals surface area (Å²) < 4.78 is 35.7. The molecule has 3 aromatic rings. The fourth-order valence-electron chi connectivity index (χ4n) is 4.18. The van der Waals surface area contributed by atoms with Gasteiger partial charge in [-0.05, 0) is 57.9 Å². The number of aromatic nitrogens is 2. The van der Waals surface area contributed by atoms with Crippen molar-refractivity contribution in [1.82, 2.24) is 9.38 Å². The lowest BCUT2D eigenvalue weighted by atomic mass is 9.88. The highest BCUT2D eigenvalue weighted by molar-refractivity contribution is 6.02. The molecular formula is C23H24F2N4O2. The summed E-state index contributed by atoms with van der Waals surface area (Å²) in [4.78, 5) is 20.8. The predicted octanol–water partition coefficient (Wildman–Crippen LogP) is 5.30. The van der Waals surface area contributed by atoms with Crippen LogP contribution in [0, 0.1) is 30.4 Å². The highest BCUT2D eigenvalue weighted by Crippen LogP contribution is 2.32. The number of ether oxygens (including phenoxy) is 1. The zero-order valence-electron chi connectivity index (χ0n) is 17.9. The molecule has 1 unspecified atom stereocenters. The highest BCUT2D eigenvalue weighted by Gasteiger charge is 2.32. The van der Waals surface area contributed by atoms with Gasteiger partial charge < -0.3 is 4.74 Å². The smallest absolute Gasteiger partial charge is 0.180 e. The van der Waals surface area contributed by atoms with Crippen LogP contribution in [-0.2, 0) is 6.61 Å². The summed E-state index contributed by atoms with van der Waals surface area (Å²) in [5.74, 6) is -0.900. The van der Waals surface area contributed by atoms with Gasteiger partial charge in [-0.25, -0.2) is 13.8 Å². The summed E-state index contributed by atoms with van der Waals surface area (Å²) in [6, 6.07) is 5.15. The van der Waals surface area contributed by atoms with Crippen LogP contribution in [0.4, 0.5) is 8.78 Å². The standard InChI is InChI=1S/C23H24F2N4O2/c1-13-8-20(31-12-16-17(24)6-5-7-18(16)25)22-26-14(2)21(29(22)11-13)19-9-15(28-30)10-23(3,4)27-19/h5-8,11,15H,9-10,12H2,1-4H3. The summed E-state index contributed by atoms with van der Waals surface area (Å²) in [5.41, 5.74) is 3.16. The van der Waals surface area contributed by atoms with Crippen LogP contribution in [0.15, 0.2) is 40.6 Å². The molecule has 162 valence electrons. The van der Waals surface area contributed by atoms with Gasteiger partial charge in [0.1, 0.15) is 18.2 Å². The quantitative estimate of drug-likeness (QED) is 0.520. The lowest BCUT2D eigenvalue weighted by Crippen LogP contribution is -2.33. The summed E-state index contributed by atoms with van der Waals surface area (Å²) >= 11 is 0. The van der Waals surface area contributed by atoms with Gasteiger partial charge in [-0.2, -0.15) is 4.91 Å². The Labute approximate surface area is 179 Å². The van der Waals surface area contributed by atoms with Gasteiger partial charge in [0.15, 0.2) is 11.4 Å². The first-order valence-corrected chi connectivity index (χ1v) is 10.1. The molecule has 0 saturated carbocycles. The van der Waals surface area contributed by atoms with Gasteiger partial charge in [-0.1, -0.05) is 11.2 Å². The van der Waals surface area contributed by atoms with Crippen LogP contribution >= 0.6 is 0 Å². The monoisotopic (exact) mass is 426 g/mol. The maximum absolute atomic E-state index is 14.0. The number of imidazole rings is 1. The van der Waals surface area contributed by atoms with Crippen molar-refractivity contribution in [2.75, 3.05) is 0 Å². The molecule has 1 aliphatic heterocycles. The summed E-state index contributed by atoms with van der Waals surface area (Å²) in [6.07, 6.45) is 2.94. The van der Waals surface area contributed by atoms with E-state index in [0.717, 1.165) is 22.7 Å². The Balaban J connectivity index is 1.77. The molecule has 1 atom stereocenters. The molecule has 4 rings (SSSR count). The average Bonchev–Trinajstić information content (AvgIpc) is 3.02. The van der Waals surface area contributed by atoms with Crippen LogP contribution in [0.5, 0.6) is 5.75 Å². The van der Waals surface area contributed by atoms with Gasteiger partial charge in [-0.15, -0.1) is 0 Å². The Hall–Kier alpha value is -3.16. The summed E-state index contributed by atoms with van der Waals surface area (Å²) in [6.45, 7) is 7.46. The number of aliphatic imine (C=N–C) groups is 1. The average molecular weight is 426 g/mol. The predicted molar refractivity (Wildman–Crippen MR) is 115 cm³/mol. The lowest BCUT2D eigenvalue weighted by Gasteiger charge is -2.29. The van der Waals surface area contributed by atoms with E-state index in [1.807, 2.05) is 38.3 Å². The zero-order valence-corrected chi connectivity index (χ0v) is 17.9. The van der Waals surface area contributed by atoms with Crippen LogP contribution in [0.2, 0.25) is 0 Å². The highest BCUT2D eigenvalue weighted by atomic mass is 19.1. The van der Waals surface area contributed by atoms with E-state index >= 15 is 0 Å². The van der Waals surface area contributed by atoms with Gasteiger partial charge in [0.25, 0.3) is 0 Å². The molecule has 31 heavy (non-hydrogen) atoms. The molecule has 0 amide bonds. The minimum atomic E-state index is -0.657. The van der Waals surface area contributed by atoms with Crippen molar-refractivity contribution in [3.8, 4) is 5.75 Å². The second-order valence-electron chi connectivity index (χ2n) is 8.65. The van der Waals surface area contributed by atoms with E-state index in [0.29, 0.717) is 24.2 Å². The van der Waals surface area contributed by atoms with Crippen molar-refractivity contribution in [2.24, 2.45) is 10.2 Å². The van der Waals surface area contributed by atoms with Gasteiger partial charge in [0.05, 0.1) is 34.2 Å². The topological polar surface area (TPSA) is 68.3 Å². The maximum Gasteiger partial charge on any atom is 0.180 e. The SMILES string of the molecule is Cc1cc(OCc2c(F)cccc2F)c2nc(C)c(C3=NC(C)(C)CC(N=O)C3)n2c1. The molecule has 0 radical (unpaired) electrons. The Kier molecular flexibility index (Phi) is 5.33. The normalized spacial score (nSPS) is 18.1. The third-order valence-electron chi connectivity index (χ3n) is 5.46. The van der Waals surface area contributed by atoms with E-state index in [4.69, 9.17) is 9.73 Å². The van der Waals surface area contributed by atoms with E-state index in [1.165, 1.54) is 18.2 Å². The third kappa shape index (κ3) is 4.06. The molecule has 8 heteroatoms. The van der Waals surface area contributed by atoms with Crippen LogP contribution in [-0.4, -0.2) is 26.7 Å². The fraction of sp³-hybridized carbons (Fsp3) is 0.391. The number of nitroso groups, excluding NO2 is 1. The number of nitrogens with zero attached hydrogens (tertiary/aromatic N) is 4.